The number of amides is 1. The van der Waals surface area contributed by atoms with Crippen LogP contribution in [0.3, 0.4) is 0 Å². The topological polar surface area (TPSA) is 86.1 Å². The summed E-state index contributed by atoms with van der Waals surface area (Å²) in [5.74, 6) is 0.598. The van der Waals surface area contributed by atoms with E-state index in [4.69, 9.17) is 4.74 Å². The third kappa shape index (κ3) is 3.75. The maximum absolute atomic E-state index is 13.1. The van der Waals surface area contributed by atoms with Gasteiger partial charge >= 0.3 is 0 Å². The average molecular weight is 493 g/mol. The minimum Gasteiger partial charge on any atom is -0.493 e. The SMILES string of the molecule is O=C(Cn1cnc2scc(-c3cccs3)c2c1=O)Nc1nc(-c2ccc3c(c2)CCO3)cs1. The quantitative estimate of drug-likeness (QED) is 0.378. The molecule has 1 N–H and O–H groups in total. The van der Waals surface area contributed by atoms with Gasteiger partial charge in [0.05, 0.1) is 24.0 Å². The van der Waals surface area contributed by atoms with E-state index in [0.29, 0.717) is 22.0 Å². The van der Waals surface area contributed by atoms with E-state index in [1.165, 1.54) is 39.1 Å². The smallest absolute Gasteiger partial charge is 0.263 e. The Hall–Kier alpha value is -3.34. The first-order chi connectivity index (χ1) is 16.2. The molecular formula is C23H16N4O3S3. The first kappa shape index (κ1) is 20.3. The van der Waals surface area contributed by atoms with Gasteiger partial charge in [-0.3, -0.25) is 14.2 Å². The van der Waals surface area contributed by atoms with Gasteiger partial charge in [-0.2, -0.15) is 0 Å². The van der Waals surface area contributed by atoms with E-state index in [2.05, 4.69) is 21.4 Å². The van der Waals surface area contributed by atoms with Crippen LogP contribution < -0.4 is 15.6 Å². The molecule has 1 aliphatic rings. The van der Waals surface area contributed by atoms with Crippen molar-refractivity contribution in [2.75, 3.05) is 11.9 Å². The van der Waals surface area contributed by atoms with Crippen molar-refractivity contribution in [2.24, 2.45) is 0 Å². The fraction of sp³-hybridized carbons (Fsp3) is 0.130. The molecule has 1 aromatic carbocycles. The van der Waals surface area contributed by atoms with E-state index >= 15 is 0 Å². The van der Waals surface area contributed by atoms with Gasteiger partial charge in [-0.25, -0.2) is 9.97 Å². The first-order valence-corrected chi connectivity index (χ1v) is 12.8. The third-order valence-electron chi connectivity index (χ3n) is 5.40. The van der Waals surface area contributed by atoms with Crippen LogP contribution in [-0.4, -0.2) is 27.0 Å². The van der Waals surface area contributed by atoms with E-state index < -0.39 is 0 Å². The number of thiophene rings is 2. The maximum atomic E-state index is 13.1. The van der Waals surface area contributed by atoms with E-state index in [1.54, 1.807) is 11.3 Å². The van der Waals surface area contributed by atoms with Crippen LogP contribution in [0.5, 0.6) is 5.75 Å². The predicted molar refractivity (Wildman–Crippen MR) is 133 cm³/mol. The molecule has 5 aromatic rings. The van der Waals surface area contributed by atoms with Crippen LogP contribution in [0.25, 0.3) is 31.9 Å². The second-order valence-electron chi connectivity index (χ2n) is 7.49. The van der Waals surface area contributed by atoms with Crippen LogP contribution in [0.1, 0.15) is 5.56 Å². The van der Waals surface area contributed by atoms with Crippen molar-refractivity contribution in [2.45, 2.75) is 13.0 Å². The first-order valence-electron chi connectivity index (χ1n) is 10.2. The molecule has 0 atom stereocenters. The number of hydrogen-bond acceptors (Lipinski definition) is 8. The summed E-state index contributed by atoms with van der Waals surface area (Å²) in [4.78, 5) is 36.4. The van der Waals surface area contributed by atoms with E-state index in [1.807, 2.05) is 40.4 Å². The Bertz CT molecular complexity index is 1550. The molecule has 0 bridgehead atoms. The molecule has 6 rings (SSSR count). The lowest BCUT2D eigenvalue weighted by Crippen LogP contribution is -2.27. The molecule has 0 spiro atoms. The predicted octanol–water partition coefficient (Wildman–Crippen LogP) is 4.88. The molecule has 0 saturated heterocycles. The van der Waals surface area contributed by atoms with Crippen molar-refractivity contribution in [3.05, 3.63) is 68.7 Å². The molecule has 0 fully saturated rings. The highest BCUT2D eigenvalue weighted by molar-refractivity contribution is 7.18. The number of nitrogens with zero attached hydrogens (tertiary/aromatic N) is 3. The van der Waals surface area contributed by atoms with Crippen LogP contribution in [-0.2, 0) is 17.8 Å². The minimum absolute atomic E-state index is 0.132. The molecule has 1 aliphatic heterocycles. The molecule has 10 heteroatoms. The second kappa shape index (κ2) is 8.22. The summed E-state index contributed by atoms with van der Waals surface area (Å²) >= 11 is 4.35. The Morgan fingerprint density at radius 2 is 2.12 bits per heavy atom. The summed E-state index contributed by atoms with van der Waals surface area (Å²) in [5.41, 5.74) is 3.59. The lowest BCUT2D eigenvalue weighted by molar-refractivity contribution is -0.116. The molecule has 0 aliphatic carbocycles. The Balaban J connectivity index is 1.21. The van der Waals surface area contributed by atoms with Gasteiger partial charge in [0, 0.05) is 33.2 Å². The highest BCUT2D eigenvalue weighted by Gasteiger charge is 2.17. The van der Waals surface area contributed by atoms with Gasteiger partial charge < -0.3 is 10.1 Å². The van der Waals surface area contributed by atoms with E-state index in [-0.39, 0.29) is 18.0 Å². The number of carbonyl (C=O) groups excluding carboxylic acids is 1. The zero-order valence-electron chi connectivity index (χ0n) is 17.1. The number of aromatic nitrogens is 3. The number of benzene rings is 1. The highest BCUT2D eigenvalue weighted by Crippen LogP contribution is 2.34. The van der Waals surface area contributed by atoms with Crippen LogP contribution in [0, 0.1) is 0 Å². The molecule has 4 aromatic heterocycles. The molecule has 7 nitrogen and oxygen atoms in total. The molecule has 5 heterocycles. The molecule has 33 heavy (non-hydrogen) atoms. The zero-order valence-corrected chi connectivity index (χ0v) is 19.6. The van der Waals surface area contributed by atoms with Crippen LogP contribution in [0.4, 0.5) is 5.13 Å². The fourth-order valence-electron chi connectivity index (χ4n) is 3.82. The van der Waals surface area contributed by atoms with Crippen molar-refractivity contribution in [3.8, 4) is 27.4 Å². The van der Waals surface area contributed by atoms with E-state index in [0.717, 1.165) is 33.9 Å². The number of thiazole rings is 1. The van der Waals surface area contributed by atoms with Crippen LogP contribution in [0.2, 0.25) is 0 Å². The average Bonchev–Trinajstić information content (AvgIpc) is 3.60. The number of fused-ring (bicyclic) bond motifs is 2. The van der Waals surface area contributed by atoms with Crippen LogP contribution in [0.15, 0.2) is 57.6 Å². The Morgan fingerprint density at radius 3 is 3.00 bits per heavy atom. The van der Waals surface area contributed by atoms with Gasteiger partial charge in [-0.1, -0.05) is 6.07 Å². The summed E-state index contributed by atoms with van der Waals surface area (Å²) in [5, 5.41) is 9.67. The van der Waals surface area contributed by atoms with Gasteiger partial charge in [0.2, 0.25) is 5.91 Å². The fourth-order valence-corrected chi connectivity index (χ4v) is 6.27. The van der Waals surface area contributed by atoms with Crippen molar-refractivity contribution < 1.29 is 9.53 Å². The number of hydrogen-bond donors (Lipinski definition) is 1. The van der Waals surface area contributed by atoms with E-state index in [9.17, 15) is 9.59 Å². The normalized spacial score (nSPS) is 12.6. The summed E-state index contributed by atoms with van der Waals surface area (Å²) in [7, 11) is 0. The lowest BCUT2D eigenvalue weighted by atomic mass is 10.1. The molecule has 164 valence electrons. The summed E-state index contributed by atoms with van der Waals surface area (Å²) in [6.07, 6.45) is 2.32. The van der Waals surface area contributed by atoms with Crippen molar-refractivity contribution in [1.82, 2.24) is 14.5 Å². The standard InChI is InChI=1S/C23H16N4O3S3/c28-19(26-23-25-16(11-33-23)13-3-4-17-14(8-13)5-6-30-17)9-27-12-24-21-20(22(27)29)15(10-32-21)18-2-1-7-31-18/h1-4,7-8,10-12H,5-6,9H2,(H,25,26,28). The number of carbonyl (C=O) groups is 1. The van der Waals surface area contributed by atoms with Gasteiger partial charge in [0.1, 0.15) is 17.1 Å². The second-order valence-corrected chi connectivity index (χ2v) is 10.2. The zero-order chi connectivity index (χ0) is 22.4. The molecular weight excluding hydrogens is 476 g/mol. The Labute approximate surface area is 200 Å². The number of nitrogens with one attached hydrogen (secondary N) is 1. The van der Waals surface area contributed by atoms with Gasteiger partial charge in [-0.05, 0) is 35.2 Å². The molecule has 1 amide bonds. The minimum atomic E-state index is -0.325. The van der Waals surface area contributed by atoms with Crippen molar-refractivity contribution in [3.63, 3.8) is 0 Å². The molecule has 0 unspecified atom stereocenters. The molecule has 0 radical (unpaired) electrons. The summed E-state index contributed by atoms with van der Waals surface area (Å²) in [6, 6.07) is 9.93. The Kier molecular flexibility index (Phi) is 5.05. The number of rotatable bonds is 5. The number of ether oxygens (including phenoxy) is 1. The van der Waals surface area contributed by atoms with Crippen molar-refractivity contribution >= 4 is 55.3 Å². The maximum Gasteiger partial charge on any atom is 0.263 e. The van der Waals surface area contributed by atoms with Gasteiger partial charge in [0.15, 0.2) is 5.13 Å². The monoisotopic (exact) mass is 492 g/mol. The summed E-state index contributed by atoms with van der Waals surface area (Å²) in [6.45, 7) is 0.573. The van der Waals surface area contributed by atoms with Gasteiger partial charge in [0.25, 0.3) is 5.56 Å². The van der Waals surface area contributed by atoms with Crippen molar-refractivity contribution in [1.29, 1.82) is 0 Å². The number of anilines is 1. The lowest BCUT2D eigenvalue weighted by Gasteiger charge is -2.06. The molecule has 0 saturated carbocycles. The summed E-state index contributed by atoms with van der Waals surface area (Å²) < 4.78 is 6.90. The highest BCUT2D eigenvalue weighted by atomic mass is 32.1. The van der Waals surface area contributed by atoms with Gasteiger partial charge in [-0.15, -0.1) is 34.0 Å². The van der Waals surface area contributed by atoms with Crippen LogP contribution >= 0.6 is 34.0 Å². The Morgan fingerprint density at radius 1 is 1.18 bits per heavy atom. The third-order valence-corrected chi connectivity index (χ3v) is 7.94. The largest absolute Gasteiger partial charge is 0.493 e.